The minimum atomic E-state index is -0.650. The molecule has 0 radical (unpaired) electrons. The van der Waals surface area contributed by atoms with E-state index in [2.05, 4.69) is 5.32 Å². The van der Waals surface area contributed by atoms with E-state index in [9.17, 15) is 14.3 Å². The Labute approximate surface area is 133 Å². The van der Waals surface area contributed by atoms with Crippen molar-refractivity contribution in [3.63, 3.8) is 0 Å². The maximum absolute atomic E-state index is 13.7. The van der Waals surface area contributed by atoms with Gasteiger partial charge in [-0.25, -0.2) is 4.39 Å². The molecule has 0 saturated carbocycles. The first-order valence-corrected chi connectivity index (χ1v) is 7.32. The predicted octanol–water partition coefficient (Wildman–Crippen LogP) is 3.43. The Balaban J connectivity index is 2.12. The number of carbonyl (C=O) groups is 1. The first-order chi connectivity index (χ1) is 10.5. The summed E-state index contributed by atoms with van der Waals surface area (Å²) < 4.78 is 13.7. The second-order valence-corrected chi connectivity index (χ2v) is 5.47. The van der Waals surface area contributed by atoms with E-state index in [1.807, 2.05) is 0 Å². The van der Waals surface area contributed by atoms with Crippen molar-refractivity contribution in [1.82, 2.24) is 5.32 Å². The van der Waals surface area contributed by atoms with E-state index in [4.69, 9.17) is 11.6 Å². The van der Waals surface area contributed by atoms with E-state index in [0.717, 1.165) is 5.56 Å². The fourth-order valence-corrected chi connectivity index (χ4v) is 2.32. The first kappa shape index (κ1) is 16.5. The topological polar surface area (TPSA) is 49.3 Å². The highest BCUT2D eigenvalue weighted by atomic mass is 35.5. The van der Waals surface area contributed by atoms with Crippen LogP contribution < -0.4 is 5.32 Å². The molecule has 22 heavy (non-hydrogen) atoms. The second kappa shape index (κ2) is 7.38. The number of carbonyl (C=O) groups excluding carboxylic acids is 1. The number of rotatable bonds is 5. The summed E-state index contributed by atoms with van der Waals surface area (Å²) in [7, 11) is 0. The van der Waals surface area contributed by atoms with Crippen molar-refractivity contribution in [3.8, 4) is 0 Å². The minimum Gasteiger partial charge on any atom is -0.394 e. The molecule has 0 aliphatic rings. The molecule has 0 saturated heterocycles. The Morgan fingerprint density at radius 3 is 2.45 bits per heavy atom. The van der Waals surface area contributed by atoms with E-state index in [1.54, 1.807) is 49.4 Å². The average molecular weight is 322 g/mol. The van der Waals surface area contributed by atoms with Gasteiger partial charge in [-0.3, -0.25) is 4.79 Å². The van der Waals surface area contributed by atoms with E-state index < -0.39 is 17.8 Å². The molecule has 2 N–H and O–H groups in total. The van der Waals surface area contributed by atoms with Crippen molar-refractivity contribution in [2.75, 3.05) is 6.61 Å². The molecular weight excluding hydrogens is 305 g/mol. The van der Waals surface area contributed by atoms with Gasteiger partial charge in [0.05, 0.1) is 18.6 Å². The number of aliphatic hydroxyl groups excluding tert-OH is 1. The zero-order valence-corrected chi connectivity index (χ0v) is 12.8. The quantitative estimate of drug-likeness (QED) is 0.886. The molecule has 0 aromatic heterocycles. The minimum absolute atomic E-state index is 0.253. The Morgan fingerprint density at radius 2 is 1.86 bits per heavy atom. The van der Waals surface area contributed by atoms with Crippen molar-refractivity contribution in [1.29, 1.82) is 0 Å². The summed E-state index contributed by atoms with van der Waals surface area (Å²) in [6.45, 7) is 1.38. The molecule has 3 nitrogen and oxygen atoms in total. The van der Waals surface area contributed by atoms with Gasteiger partial charge in [-0.15, -0.1) is 0 Å². The van der Waals surface area contributed by atoms with Crippen LogP contribution in [-0.4, -0.2) is 17.6 Å². The molecule has 2 rings (SSSR count). The van der Waals surface area contributed by atoms with Crippen molar-refractivity contribution in [2.24, 2.45) is 0 Å². The van der Waals surface area contributed by atoms with Crippen LogP contribution in [0, 0.1) is 5.82 Å². The van der Waals surface area contributed by atoms with Crippen LogP contribution in [0.5, 0.6) is 0 Å². The SMILES string of the molecule is CC(C(=O)NC(CO)c1ccc(Cl)cc1)c1ccccc1F. The largest absolute Gasteiger partial charge is 0.394 e. The van der Waals surface area contributed by atoms with Crippen LogP contribution in [0.2, 0.25) is 5.02 Å². The van der Waals surface area contributed by atoms with Crippen LogP contribution in [0.1, 0.15) is 30.0 Å². The lowest BCUT2D eigenvalue weighted by Gasteiger charge is -2.20. The van der Waals surface area contributed by atoms with Crippen molar-refractivity contribution in [2.45, 2.75) is 18.9 Å². The van der Waals surface area contributed by atoms with Gasteiger partial charge in [0.2, 0.25) is 5.91 Å². The predicted molar refractivity (Wildman–Crippen MR) is 84.2 cm³/mol. The van der Waals surface area contributed by atoms with E-state index in [0.29, 0.717) is 10.6 Å². The van der Waals surface area contributed by atoms with Crippen LogP contribution in [0.3, 0.4) is 0 Å². The summed E-state index contributed by atoms with van der Waals surface area (Å²) >= 11 is 5.82. The van der Waals surface area contributed by atoms with Crippen LogP contribution >= 0.6 is 11.6 Å². The number of hydrogen-bond acceptors (Lipinski definition) is 2. The standard InChI is InChI=1S/C17H17ClFNO2/c1-11(14-4-2-3-5-15(14)19)17(22)20-16(10-21)12-6-8-13(18)9-7-12/h2-9,11,16,21H,10H2,1H3,(H,20,22). The molecule has 5 heteroatoms. The summed E-state index contributed by atoms with van der Waals surface area (Å²) in [6, 6.07) is 12.4. The normalized spacial score (nSPS) is 13.5. The van der Waals surface area contributed by atoms with Crippen LogP contribution in [-0.2, 0) is 4.79 Å². The zero-order chi connectivity index (χ0) is 16.1. The molecule has 1 amide bonds. The summed E-state index contributed by atoms with van der Waals surface area (Å²) in [5.41, 5.74) is 1.06. The molecule has 0 aliphatic carbocycles. The lowest BCUT2D eigenvalue weighted by atomic mass is 9.98. The first-order valence-electron chi connectivity index (χ1n) is 6.94. The zero-order valence-electron chi connectivity index (χ0n) is 12.1. The van der Waals surface area contributed by atoms with Gasteiger partial charge >= 0.3 is 0 Å². The summed E-state index contributed by atoms with van der Waals surface area (Å²) in [5, 5.41) is 12.8. The highest BCUT2D eigenvalue weighted by molar-refractivity contribution is 6.30. The smallest absolute Gasteiger partial charge is 0.227 e. The summed E-state index contributed by atoms with van der Waals surface area (Å²) in [4.78, 5) is 12.3. The lowest BCUT2D eigenvalue weighted by molar-refractivity contribution is -0.123. The van der Waals surface area contributed by atoms with Gasteiger partial charge in [0.15, 0.2) is 0 Å². The van der Waals surface area contributed by atoms with Gasteiger partial charge in [-0.2, -0.15) is 0 Å². The van der Waals surface area contributed by atoms with Gasteiger partial charge in [0, 0.05) is 5.02 Å². The Bertz CT molecular complexity index is 645. The molecule has 0 spiro atoms. The molecule has 0 fully saturated rings. The maximum Gasteiger partial charge on any atom is 0.227 e. The molecule has 0 bridgehead atoms. The molecule has 2 unspecified atom stereocenters. The van der Waals surface area contributed by atoms with Crippen LogP contribution in [0.15, 0.2) is 48.5 Å². The maximum atomic E-state index is 13.7. The third kappa shape index (κ3) is 3.84. The molecule has 0 aliphatic heterocycles. The fourth-order valence-electron chi connectivity index (χ4n) is 2.19. The number of halogens is 2. The molecule has 2 aromatic carbocycles. The van der Waals surface area contributed by atoms with Gasteiger partial charge in [-0.05, 0) is 36.2 Å². The summed E-state index contributed by atoms with van der Waals surface area (Å²) in [5.74, 6) is -1.42. The van der Waals surface area contributed by atoms with E-state index >= 15 is 0 Å². The second-order valence-electron chi connectivity index (χ2n) is 5.04. The number of aliphatic hydroxyl groups is 1. The monoisotopic (exact) mass is 321 g/mol. The molecular formula is C17H17ClFNO2. The summed E-state index contributed by atoms with van der Waals surface area (Å²) in [6.07, 6.45) is 0. The molecule has 2 aromatic rings. The van der Waals surface area contributed by atoms with E-state index in [1.165, 1.54) is 6.07 Å². The number of amides is 1. The molecule has 0 heterocycles. The van der Waals surface area contributed by atoms with Crippen molar-refractivity contribution in [3.05, 3.63) is 70.5 Å². The van der Waals surface area contributed by atoms with Crippen LogP contribution in [0.25, 0.3) is 0 Å². The average Bonchev–Trinajstić information content (AvgIpc) is 2.53. The third-order valence-electron chi connectivity index (χ3n) is 3.54. The number of benzene rings is 2. The molecule has 116 valence electrons. The highest BCUT2D eigenvalue weighted by Crippen LogP contribution is 2.21. The van der Waals surface area contributed by atoms with Crippen LogP contribution in [0.4, 0.5) is 4.39 Å². The van der Waals surface area contributed by atoms with E-state index in [-0.39, 0.29) is 12.5 Å². The third-order valence-corrected chi connectivity index (χ3v) is 3.79. The fraction of sp³-hybridized carbons (Fsp3) is 0.235. The van der Waals surface area contributed by atoms with Gasteiger partial charge in [0.25, 0.3) is 0 Å². The molecule has 2 atom stereocenters. The van der Waals surface area contributed by atoms with Crippen molar-refractivity contribution >= 4 is 17.5 Å². The van der Waals surface area contributed by atoms with Gasteiger partial charge in [0.1, 0.15) is 5.82 Å². The van der Waals surface area contributed by atoms with Crippen molar-refractivity contribution < 1.29 is 14.3 Å². The Morgan fingerprint density at radius 1 is 1.23 bits per heavy atom. The highest BCUT2D eigenvalue weighted by Gasteiger charge is 2.21. The Hall–Kier alpha value is -1.91. The lowest BCUT2D eigenvalue weighted by Crippen LogP contribution is -2.34. The number of nitrogens with one attached hydrogen (secondary N) is 1. The van der Waals surface area contributed by atoms with Gasteiger partial charge < -0.3 is 10.4 Å². The Kier molecular flexibility index (Phi) is 5.52. The van der Waals surface area contributed by atoms with Gasteiger partial charge in [-0.1, -0.05) is 41.9 Å². The number of hydrogen-bond donors (Lipinski definition) is 2.